The number of carboxylic acids is 1. The van der Waals surface area contributed by atoms with Gasteiger partial charge < -0.3 is 24.5 Å². The Morgan fingerprint density at radius 2 is 2.40 bits per heavy atom. The molecule has 110 valence electrons. The zero-order valence-corrected chi connectivity index (χ0v) is 11.2. The van der Waals surface area contributed by atoms with Gasteiger partial charge in [-0.25, -0.2) is 4.79 Å². The Morgan fingerprint density at radius 1 is 1.60 bits per heavy atom. The molecule has 8 heteroatoms. The van der Waals surface area contributed by atoms with Gasteiger partial charge in [0.25, 0.3) is 6.01 Å². The summed E-state index contributed by atoms with van der Waals surface area (Å²) in [5, 5.41) is 11.6. The summed E-state index contributed by atoms with van der Waals surface area (Å²) in [7, 11) is 0. The topological polar surface area (TPSA) is 105 Å². The first-order valence-electron chi connectivity index (χ1n) is 6.44. The van der Waals surface area contributed by atoms with E-state index in [1.807, 2.05) is 6.92 Å². The zero-order valence-electron chi connectivity index (χ0n) is 11.2. The molecule has 8 nitrogen and oxygen atoms in total. The predicted molar refractivity (Wildman–Crippen MR) is 68.7 cm³/mol. The Labute approximate surface area is 115 Å². The van der Waals surface area contributed by atoms with Crippen molar-refractivity contribution < 1.29 is 23.8 Å². The van der Waals surface area contributed by atoms with Crippen LogP contribution in [0, 0.1) is 0 Å². The first-order valence-corrected chi connectivity index (χ1v) is 6.44. The van der Waals surface area contributed by atoms with Crippen molar-refractivity contribution in [1.82, 2.24) is 10.3 Å². The second kappa shape index (κ2) is 6.38. The molecule has 0 spiro atoms. The van der Waals surface area contributed by atoms with E-state index in [2.05, 4.69) is 10.3 Å². The summed E-state index contributed by atoms with van der Waals surface area (Å²) in [6, 6.07) is -0.432. The molecule has 0 aromatic carbocycles. The number of nitrogens with zero attached hydrogens (tertiary/aromatic N) is 2. The third kappa shape index (κ3) is 3.08. The number of ether oxygens (including phenoxy) is 1. The number of aromatic carboxylic acids is 1. The third-order valence-electron chi connectivity index (χ3n) is 2.94. The fraction of sp³-hybridized carbons (Fsp3) is 0.583. The normalized spacial score (nSPS) is 18.9. The van der Waals surface area contributed by atoms with Crippen LogP contribution in [0.5, 0.6) is 0 Å². The van der Waals surface area contributed by atoms with Crippen LogP contribution in [0.25, 0.3) is 0 Å². The second-order valence-electron chi connectivity index (χ2n) is 4.40. The average molecular weight is 283 g/mol. The number of rotatable bonds is 5. The Kier molecular flexibility index (Phi) is 4.57. The van der Waals surface area contributed by atoms with Crippen LogP contribution in [-0.2, 0) is 9.53 Å². The quantitative estimate of drug-likeness (QED) is 0.789. The zero-order chi connectivity index (χ0) is 14.5. The highest BCUT2D eigenvalue weighted by molar-refractivity contribution is 5.86. The number of hydrogen-bond acceptors (Lipinski definition) is 6. The number of carbonyl (C=O) groups excluding carboxylic acids is 1. The molecule has 0 bridgehead atoms. The molecule has 1 saturated heterocycles. The minimum absolute atomic E-state index is 0.127. The number of morpholine rings is 1. The van der Waals surface area contributed by atoms with Gasteiger partial charge in [-0.2, -0.15) is 4.98 Å². The number of oxazole rings is 1. The van der Waals surface area contributed by atoms with Gasteiger partial charge in [-0.3, -0.25) is 4.79 Å². The number of anilines is 1. The third-order valence-corrected chi connectivity index (χ3v) is 2.94. The van der Waals surface area contributed by atoms with Crippen LogP contribution >= 0.6 is 0 Å². The minimum atomic E-state index is -1.17. The van der Waals surface area contributed by atoms with Gasteiger partial charge in [-0.1, -0.05) is 6.92 Å². The van der Waals surface area contributed by atoms with Gasteiger partial charge in [0.1, 0.15) is 12.3 Å². The molecule has 2 rings (SSSR count). The molecule has 1 atom stereocenters. The van der Waals surface area contributed by atoms with Gasteiger partial charge in [-0.15, -0.1) is 0 Å². The lowest BCUT2D eigenvalue weighted by atomic mass is 10.2. The standard InChI is InChI=1S/C12H17N3O5/c1-2-3-13-10(16)9-7-19-5-4-15(9)12-14-8(6-20-12)11(17)18/h6,9H,2-5,7H2,1H3,(H,13,16)(H,17,18). The minimum Gasteiger partial charge on any atom is -0.476 e. The molecule has 1 aliphatic heterocycles. The van der Waals surface area contributed by atoms with Crippen LogP contribution in [0.1, 0.15) is 23.8 Å². The van der Waals surface area contributed by atoms with Crippen molar-refractivity contribution in [3.05, 3.63) is 12.0 Å². The molecule has 0 aliphatic carbocycles. The van der Waals surface area contributed by atoms with Crippen LogP contribution in [0.4, 0.5) is 6.01 Å². The smallest absolute Gasteiger partial charge is 0.357 e. The predicted octanol–water partition coefficient (Wildman–Crippen LogP) is 0.104. The molecule has 1 aromatic rings. The summed E-state index contributed by atoms with van der Waals surface area (Å²) < 4.78 is 10.4. The molecule has 20 heavy (non-hydrogen) atoms. The highest BCUT2D eigenvalue weighted by Gasteiger charge is 2.32. The van der Waals surface area contributed by atoms with Crippen molar-refractivity contribution in [1.29, 1.82) is 0 Å². The summed E-state index contributed by atoms with van der Waals surface area (Å²) in [5.74, 6) is -1.35. The Bertz CT molecular complexity index is 487. The van der Waals surface area contributed by atoms with Crippen LogP contribution < -0.4 is 10.2 Å². The monoisotopic (exact) mass is 283 g/mol. The summed E-state index contributed by atoms with van der Waals surface area (Å²) in [5.41, 5.74) is -0.181. The van der Waals surface area contributed by atoms with E-state index in [1.165, 1.54) is 0 Å². The molecule has 1 unspecified atom stereocenters. The fourth-order valence-electron chi connectivity index (χ4n) is 1.91. The van der Waals surface area contributed by atoms with Gasteiger partial charge >= 0.3 is 5.97 Å². The largest absolute Gasteiger partial charge is 0.476 e. The van der Waals surface area contributed by atoms with E-state index in [-0.39, 0.29) is 24.2 Å². The molecular weight excluding hydrogens is 266 g/mol. The highest BCUT2D eigenvalue weighted by Crippen LogP contribution is 2.19. The van der Waals surface area contributed by atoms with Gasteiger partial charge in [0.2, 0.25) is 5.91 Å². The maximum Gasteiger partial charge on any atom is 0.357 e. The molecule has 0 radical (unpaired) electrons. The maximum absolute atomic E-state index is 12.1. The van der Waals surface area contributed by atoms with Crippen molar-refractivity contribution in [2.75, 3.05) is 31.2 Å². The van der Waals surface area contributed by atoms with E-state index in [0.29, 0.717) is 19.7 Å². The molecular formula is C12H17N3O5. The number of hydrogen-bond donors (Lipinski definition) is 2. The Hall–Kier alpha value is -2.09. The van der Waals surface area contributed by atoms with Crippen LogP contribution in [0.2, 0.25) is 0 Å². The number of carbonyl (C=O) groups is 2. The molecule has 1 amide bonds. The van der Waals surface area contributed by atoms with E-state index >= 15 is 0 Å². The molecule has 2 N–H and O–H groups in total. The van der Waals surface area contributed by atoms with E-state index in [4.69, 9.17) is 14.3 Å². The highest BCUT2D eigenvalue weighted by atomic mass is 16.5. The lowest BCUT2D eigenvalue weighted by Crippen LogP contribution is -2.54. The number of nitrogens with one attached hydrogen (secondary N) is 1. The van der Waals surface area contributed by atoms with E-state index in [1.54, 1.807) is 4.90 Å². The second-order valence-corrected chi connectivity index (χ2v) is 4.40. The lowest BCUT2D eigenvalue weighted by Gasteiger charge is -2.33. The number of aromatic nitrogens is 1. The van der Waals surface area contributed by atoms with E-state index in [0.717, 1.165) is 12.7 Å². The maximum atomic E-state index is 12.1. The summed E-state index contributed by atoms with van der Waals surface area (Å²) in [6.07, 6.45) is 1.90. The summed E-state index contributed by atoms with van der Waals surface area (Å²) in [4.78, 5) is 28.4. The molecule has 1 fully saturated rings. The first-order chi connectivity index (χ1) is 9.63. The number of amides is 1. The first kappa shape index (κ1) is 14.3. The molecule has 0 saturated carbocycles. The van der Waals surface area contributed by atoms with Crippen molar-refractivity contribution in [2.24, 2.45) is 0 Å². The Balaban J connectivity index is 2.13. The SMILES string of the molecule is CCCNC(=O)C1COCCN1c1nc(C(=O)O)co1. The van der Waals surface area contributed by atoms with Gasteiger partial charge in [0.05, 0.1) is 13.2 Å². The van der Waals surface area contributed by atoms with Gasteiger partial charge in [-0.05, 0) is 6.42 Å². The van der Waals surface area contributed by atoms with Crippen molar-refractivity contribution >= 4 is 17.9 Å². The van der Waals surface area contributed by atoms with Crippen LogP contribution in [0.3, 0.4) is 0 Å². The van der Waals surface area contributed by atoms with Crippen LogP contribution in [0.15, 0.2) is 10.7 Å². The number of carboxylic acid groups (broad SMARTS) is 1. The summed E-state index contributed by atoms with van der Waals surface area (Å²) >= 11 is 0. The van der Waals surface area contributed by atoms with Gasteiger partial charge in [0.15, 0.2) is 5.69 Å². The van der Waals surface area contributed by atoms with Crippen molar-refractivity contribution in [2.45, 2.75) is 19.4 Å². The lowest BCUT2D eigenvalue weighted by molar-refractivity contribution is -0.124. The van der Waals surface area contributed by atoms with Gasteiger partial charge in [0, 0.05) is 13.1 Å². The molecule has 1 aromatic heterocycles. The molecule has 2 heterocycles. The average Bonchev–Trinajstić information content (AvgIpc) is 2.94. The van der Waals surface area contributed by atoms with Crippen molar-refractivity contribution in [3.63, 3.8) is 0 Å². The fourth-order valence-corrected chi connectivity index (χ4v) is 1.91. The summed E-state index contributed by atoms with van der Waals surface area (Å²) in [6.45, 7) is 3.62. The van der Waals surface area contributed by atoms with E-state index in [9.17, 15) is 9.59 Å². The van der Waals surface area contributed by atoms with Crippen molar-refractivity contribution in [3.8, 4) is 0 Å². The van der Waals surface area contributed by atoms with E-state index < -0.39 is 12.0 Å². The Morgan fingerprint density at radius 3 is 3.05 bits per heavy atom. The van der Waals surface area contributed by atoms with Crippen LogP contribution in [-0.4, -0.2) is 54.3 Å². The molecule has 1 aliphatic rings.